The summed E-state index contributed by atoms with van der Waals surface area (Å²) in [6.07, 6.45) is 1.38. The van der Waals surface area contributed by atoms with Crippen LogP contribution < -0.4 is 20.3 Å². The third-order valence-electron chi connectivity index (χ3n) is 6.47. The van der Waals surface area contributed by atoms with Crippen LogP contribution >= 0.6 is 11.6 Å². The van der Waals surface area contributed by atoms with Gasteiger partial charge in [-0.15, -0.1) is 0 Å². The highest BCUT2D eigenvalue weighted by molar-refractivity contribution is 6.30. The van der Waals surface area contributed by atoms with Crippen LogP contribution in [0, 0.1) is 0 Å². The Kier molecular flexibility index (Phi) is 8.14. The highest BCUT2D eigenvalue weighted by Crippen LogP contribution is 2.42. The lowest BCUT2D eigenvalue weighted by Crippen LogP contribution is -2.47. The van der Waals surface area contributed by atoms with Crippen molar-refractivity contribution in [1.82, 2.24) is 0 Å². The van der Waals surface area contributed by atoms with Gasteiger partial charge in [0.1, 0.15) is 5.75 Å². The number of ether oxygens (including phenoxy) is 1. The maximum Gasteiger partial charge on any atom is 0.258 e. The van der Waals surface area contributed by atoms with E-state index >= 15 is 0 Å². The van der Waals surface area contributed by atoms with Crippen LogP contribution in [0.15, 0.2) is 72.8 Å². The van der Waals surface area contributed by atoms with E-state index < -0.39 is 0 Å². The molecule has 0 saturated carbocycles. The number of benzene rings is 3. The summed E-state index contributed by atoms with van der Waals surface area (Å²) in [5.41, 5.74) is 8.14. The van der Waals surface area contributed by atoms with Crippen molar-refractivity contribution < 1.29 is 19.1 Å². The zero-order valence-electron chi connectivity index (χ0n) is 20.9. The Morgan fingerprint density at radius 3 is 2.35 bits per heavy atom. The van der Waals surface area contributed by atoms with Gasteiger partial charge in [0.2, 0.25) is 11.8 Å². The molecule has 37 heavy (non-hydrogen) atoms. The Bertz CT molecular complexity index is 1280. The summed E-state index contributed by atoms with van der Waals surface area (Å²) in [5.74, 6) is 0.0515. The molecule has 3 aromatic rings. The van der Waals surface area contributed by atoms with Crippen LogP contribution in [0.1, 0.15) is 55.1 Å². The minimum absolute atomic E-state index is 0.0829. The lowest BCUT2D eigenvalue weighted by Gasteiger charge is -2.43. The number of hydrogen-bond acceptors (Lipinski definition) is 4. The molecule has 1 heterocycles. The Hall–Kier alpha value is -3.84. The zero-order chi connectivity index (χ0) is 26.5. The minimum atomic E-state index is -0.359. The molecule has 0 bridgehead atoms. The van der Waals surface area contributed by atoms with E-state index in [1.807, 2.05) is 43.3 Å². The first-order valence-corrected chi connectivity index (χ1v) is 12.6. The highest BCUT2D eigenvalue weighted by Gasteiger charge is 2.38. The smallest absolute Gasteiger partial charge is 0.258 e. The highest BCUT2D eigenvalue weighted by atomic mass is 35.5. The molecule has 0 aromatic heterocycles. The van der Waals surface area contributed by atoms with Gasteiger partial charge in [0.05, 0.1) is 12.6 Å². The van der Waals surface area contributed by atoms with E-state index in [-0.39, 0.29) is 36.2 Å². The number of primary amides is 1. The van der Waals surface area contributed by atoms with Crippen molar-refractivity contribution >= 4 is 40.7 Å². The van der Waals surface area contributed by atoms with Crippen LogP contribution in [0.2, 0.25) is 5.02 Å². The summed E-state index contributed by atoms with van der Waals surface area (Å²) in [7, 11) is 0. The molecule has 1 aliphatic heterocycles. The van der Waals surface area contributed by atoms with E-state index in [2.05, 4.69) is 0 Å². The first-order chi connectivity index (χ1) is 17.8. The van der Waals surface area contributed by atoms with Gasteiger partial charge in [-0.3, -0.25) is 14.4 Å². The zero-order valence-corrected chi connectivity index (χ0v) is 21.6. The first kappa shape index (κ1) is 26.2. The van der Waals surface area contributed by atoms with Gasteiger partial charge >= 0.3 is 0 Å². The molecule has 0 radical (unpaired) electrons. The first-order valence-electron chi connectivity index (χ1n) is 12.2. The number of amides is 3. The van der Waals surface area contributed by atoms with Gasteiger partial charge in [-0.1, -0.05) is 29.8 Å². The second-order valence-electron chi connectivity index (χ2n) is 9.14. The standard InChI is InChI=1S/C29H30ClN3O4/c1-19-18-27(33(20(2)34)23-13-11-22(30)12-14-23)25-6-3-4-7-26(25)32(19)29(36)21-9-15-24(16-10-21)37-17-5-8-28(31)35/h3-4,6-7,9-16,19,27H,5,8,17-18H2,1-2H3,(H2,31,35). The number of hydrogen-bond donors (Lipinski definition) is 1. The number of carbonyl (C=O) groups excluding carboxylic acids is 3. The molecule has 0 saturated heterocycles. The fourth-order valence-corrected chi connectivity index (χ4v) is 4.91. The number of carbonyl (C=O) groups is 3. The monoisotopic (exact) mass is 519 g/mol. The summed E-state index contributed by atoms with van der Waals surface area (Å²) >= 11 is 6.08. The van der Waals surface area contributed by atoms with Crippen LogP contribution in [-0.2, 0) is 9.59 Å². The van der Waals surface area contributed by atoms with Gasteiger partial charge < -0.3 is 20.3 Å². The molecular weight excluding hydrogens is 490 g/mol. The average Bonchev–Trinajstić information content (AvgIpc) is 2.88. The number of nitrogens with zero attached hydrogens (tertiary/aromatic N) is 2. The quantitative estimate of drug-likeness (QED) is 0.397. The maximum absolute atomic E-state index is 13.7. The molecule has 0 spiro atoms. The van der Waals surface area contributed by atoms with Crippen LogP contribution in [-0.4, -0.2) is 30.4 Å². The lowest BCUT2D eigenvalue weighted by molar-refractivity contribution is -0.118. The third-order valence-corrected chi connectivity index (χ3v) is 6.72. The molecule has 4 rings (SSSR count). The maximum atomic E-state index is 13.7. The summed E-state index contributed by atoms with van der Waals surface area (Å²) < 4.78 is 5.65. The van der Waals surface area contributed by atoms with E-state index in [4.69, 9.17) is 22.1 Å². The van der Waals surface area contributed by atoms with Crippen molar-refractivity contribution in [3.63, 3.8) is 0 Å². The van der Waals surface area contributed by atoms with Gasteiger partial charge in [0, 0.05) is 41.3 Å². The molecule has 2 unspecified atom stereocenters. The largest absolute Gasteiger partial charge is 0.494 e. The molecule has 3 aromatic carbocycles. The topological polar surface area (TPSA) is 92.9 Å². The number of anilines is 2. The van der Waals surface area contributed by atoms with Crippen molar-refractivity contribution in [1.29, 1.82) is 0 Å². The van der Waals surface area contributed by atoms with Gasteiger partial charge in [-0.05, 0) is 79.9 Å². The fourth-order valence-electron chi connectivity index (χ4n) is 4.79. The van der Waals surface area contributed by atoms with Crippen LogP contribution in [0.5, 0.6) is 5.75 Å². The Morgan fingerprint density at radius 1 is 1.03 bits per heavy atom. The number of fused-ring (bicyclic) bond motifs is 1. The second-order valence-corrected chi connectivity index (χ2v) is 9.58. The van der Waals surface area contributed by atoms with Crippen LogP contribution in [0.4, 0.5) is 11.4 Å². The molecule has 0 aliphatic carbocycles. The van der Waals surface area contributed by atoms with Gasteiger partial charge in [0.25, 0.3) is 5.91 Å². The van der Waals surface area contributed by atoms with Crippen molar-refractivity contribution in [3.8, 4) is 5.75 Å². The van der Waals surface area contributed by atoms with Crippen molar-refractivity contribution in [2.45, 2.75) is 45.2 Å². The minimum Gasteiger partial charge on any atom is -0.494 e. The normalized spacial score (nSPS) is 16.6. The fraction of sp³-hybridized carbons (Fsp3) is 0.276. The van der Waals surface area contributed by atoms with Crippen molar-refractivity contribution in [2.24, 2.45) is 5.73 Å². The molecule has 7 nitrogen and oxygen atoms in total. The second kappa shape index (κ2) is 11.5. The molecule has 0 fully saturated rings. The van der Waals surface area contributed by atoms with Crippen LogP contribution in [0.25, 0.3) is 0 Å². The van der Waals surface area contributed by atoms with Crippen molar-refractivity contribution in [2.75, 3.05) is 16.4 Å². The number of para-hydroxylation sites is 1. The molecular formula is C29H30ClN3O4. The van der Waals surface area contributed by atoms with Gasteiger partial charge in [-0.2, -0.15) is 0 Å². The molecule has 8 heteroatoms. The molecule has 2 atom stereocenters. The summed E-state index contributed by atoms with van der Waals surface area (Å²) in [6.45, 7) is 3.92. The Balaban J connectivity index is 1.59. The number of rotatable bonds is 8. The predicted octanol–water partition coefficient (Wildman–Crippen LogP) is 5.52. The van der Waals surface area contributed by atoms with Crippen molar-refractivity contribution in [3.05, 3.63) is 88.9 Å². The van der Waals surface area contributed by atoms with E-state index in [0.717, 1.165) is 16.9 Å². The summed E-state index contributed by atoms with van der Waals surface area (Å²) in [5, 5.41) is 0.600. The Morgan fingerprint density at radius 2 is 1.70 bits per heavy atom. The van der Waals surface area contributed by atoms with E-state index in [9.17, 15) is 14.4 Å². The van der Waals surface area contributed by atoms with Gasteiger partial charge in [0.15, 0.2) is 0 Å². The molecule has 3 amide bonds. The number of halogens is 1. The molecule has 1 aliphatic rings. The number of nitrogens with two attached hydrogens (primary N) is 1. The predicted molar refractivity (Wildman–Crippen MR) is 145 cm³/mol. The van der Waals surface area contributed by atoms with Crippen LogP contribution in [0.3, 0.4) is 0 Å². The summed E-state index contributed by atoms with van der Waals surface area (Å²) in [6, 6.07) is 21.5. The van der Waals surface area contributed by atoms with E-state index in [0.29, 0.717) is 35.8 Å². The molecule has 2 N–H and O–H groups in total. The average molecular weight is 520 g/mol. The SMILES string of the molecule is CC(=O)N(c1ccc(Cl)cc1)C1CC(C)N(C(=O)c2ccc(OCCCC(N)=O)cc2)c2ccccc21. The van der Waals surface area contributed by atoms with Gasteiger partial charge in [-0.25, -0.2) is 0 Å². The third kappa shape index (κ3) is 5.94. The summed E-state index contributed by atoms with van der Waals surface area (Å²) in [4.78, 5) is 40.9. The molecule has 192 valence electrons. The van der Waals surface area contributed by atoms with E-state index in [1.165, 1.54) is 0 Å². The lowest BCUT2D eigenvalue weighted by atomic mass is 9.89. The Labute approximate surface area is 221 Å². The van der Waals surface area contributed by atoms with E-state index in [1.54, 1.807) is 53.1 Å².